The standard InChI is InChI=1S/C22H17N7O7S2/c23-20-18(11-6-7-14(26-24)15(8-11)27-25)16(37(31,32)33)9-12-10-17(38(34,35)36)21(22(30)19(12)20)29-28-13-4-2-1-3-5-13/h1-10,24-25,30H,23H2,(H,31,32,33)(H,34,35,36). The van der Waals surface area contributed by atoms with Crippen LogP contribution in [0, 0.1) is 11.1 Å². The van der Waals surface area contributed by atoms with Crippen molar-refractivity contribution in [3.63, 3.8) is 0 Å². The molecule has 0 atom stereocenters. The van der Waals surface area contributed by atoms with E-state index in [9.17, 15) is 31.0 Å². The lowest BCUT2D eigenvalue weighted by Gasteiger charge is -2.17. The van der Waals surface area contributed by atoms with E-state index in [4.69, 9.17) is 16.8 Å². The molecule has 0 saturated carbocycles. The first-order valence-corrected chi connectivity index (χ1v) is 13.2. The van der Waals surface area contributed by atoms with Gasteiger partial charge in [-0.3, -0.25) is 9.11 Å². The molecule has 4 rings (SSSR count). The lowest BCUT2D eigenvalue weighted by Crippen LogP contribution is -2.06. The summed E-state index contributed by atoms with van der Waals surface area (Å²) < 4.78 is 68.7. The Labute approximate surface area is 215 Å². The fourth-order valence-electron chi connectivity index (χ4n) is 3.78. The SMILES string of the molecule is N=Nc1ccc(-c2c(S(=O)(=O)O)cc3cc(S(=O)(=O)O)c(N=Nc4ccccc4)c(O)c3c2N)cc1N=N. The number of azo groups is 1. The van der Waals surface area contributed by atoms with E-state index in [-0.39, 0.29) is 39.0 Å². The van der Waals surface area contributed by atoms with E-state index < -0.39 is 47.2 Å². The smallest absolute Gasteiger partial charge is 0.296 e. The van der Waals surface area contributed by atoms with Crippen molar-refractivity contribution in [2.24, 2.45) is 20.5 Å². The van der Waals surface area contributed by atoms with Gasteiger partial charge in [-0.05, 0) is 47.3 Å². The van der Waals surface area contributed by atoms with Gasteiger partial charge in [-0.15, -0.1) is 5.11 Å². The maximum Gasteiger partial charge on any atom is 0.296 e. The van der Waals surface area contributed by atoms with Gasteiger partial charge in [0, 0.05) is 10.9 Å². The largest absolute Gasteiger partial charge is 0.505 e. The van der Waals surface area contributed by atoms with Crippen molar-refractivity contribution in [3.05, 3.63) is 60.7 Å². The first-order valence-electron chi connectivity index (χ1n) is 10.3. The van der Waals surface area contributed by atoms with Gasteiger partial charge in [0.1, 0.15) is 26.9 Å². The fourth-order valence-corrected chi connectivity index (χ4v) is 5.20. The zero-order valence-corrected chi connectivity index (χ0v) is 20.6. The minimum Gasteiger partial charge on any atom is -0.505 e. The third-order valence-corrected chi connectivity index (χ3v) is 7.17. The van der Waals surface area contributed by atoms with Crippen LogP contribution >= 0.6 is 0 Å². The molecular formula is C22H17N7O7S2. The van der Waals surface area contributed by atoms with E-state index in [1.54, 1.807) is 30.3 Å². The molecule has 194 valence electrons. The highest BCUT2D eigenvalue weighted by Gasteiger charge is 2.28. The number of rotatable bonds is 7. The van der Waals surface area contributed by atoms with Crippen LogP contribution in [0.1, 0.15) is 0 Å². The van der Waals surface area contributed by atoms with Crippen molar-refractivity contribution in [1.29, 1.82) is 11.1 Å². The number of aromatic hydroxyl groups is 1. The lowest BCUT2D eigenvalue weighted by atomic mass is 9.96. The topological polar surface area (TPSA) is 252 Å². The number of anilines is 1. The Hall–Kier alpha value is -4.64. The van der Waals surface area contributed by atoms with Crippen LogP contribution in [0.2, 0.25) is 0 Å². The van der Waals surface area contributed by atoms with Gasteiger partial charge in [0.25, 0.3) is 20.2 Å². The van der Waals surface area contributed by atoms with Crippen molar-refractivity contribution < 1.29 is 31.0 Å². The number of nitrogens with two attached hydrogens (primary N) is 1. The van der Waals surface area contributed by atoms with Gasteiger partial charge in [-0.2, -0.15) is 32.2 Å². The molecule has 4 aromatic carbocycles. The summed E-state index contributed by atoms with van der Waals surface area (Å²) >= 11 is 0. The van der Waals surface area contributed by atoms with E-state index in [2.05, 4.69) is 20.5 Å². The predicted octanol–water partition coefficient (Wildman–Crippen LogP) is 6.03. The Bertz CT molecular complexity index is 1880. The van der Waals surface area contributed by atoms with E-state index in [0.29, 0.717) is 0 Å². The first-order chi connectivity index (χ1) is 17.9. The summed E-state index contributed by atoms with van der Waals surface area (Å²) in [4.78, 5) is -1.67. The van der Waals surface area contributed by atoms with Gasteiger partial charge in [-0.25, -0.2) is 11.1 Å². The number of nitrogens with one attached hydrogen (secondary N) is 2. The van der Waals surface area contributed by atoms with Crippen LogP contribution in [-0.2, 0) is 20.2 Å². The summed E-state index contributed by atoms with van der Waals surface area (Å²) in [5, 5.41) is 24.7. The van der Waals surface area contributed by atoms with Gasteiger partial charge in [0.2, 0.25) is 0 Å². The minimum atomic E-state index is -5.02. The molecule has 14 nitrogen and oxygen atoms in total. The molecule has 0 bridgehead atoms. The molecule has 0 unspecified atom stereocenters. The second-order valence-electron chi connectivity index (χ2n) is 7.75. The highest BCUT2D eigenvalue weighted by molar-refractivity contribution is 7.86. The van der Waals surface area contributed by atoms with Crippen LogP contribution in [-0.4, -0.2) is 31.0 Å². The monoisotopic (exact) mass is 555 g/mol. The molecule has 0 saturated heterocycles. The Morgan fingerprint density at radius 3 is 1.95 bits per heavy atom. The summed E-state index contributed by atoms with van der Waals surface area (Å²) in [7, 11) is -10.0. The second-order valence-corrected chi connectivity index (χ2v) is 10.5. The number of hydrogen-bond acceptors (Lipinski definition) is 12. The molecule has 0 aliphatic rings. The molecule has 0 aromatic heterocycles. The van der Waals surface area contributed by atoms with Crippen molar-refractivity contribution in [2.75, 3.05) is 5.73 Å². The number of phenolic OH excluding ortho intramolecular Hbond substituents is 1. The Morgan fingerprint density at radius 2 is 1.37 bits per heavy atom. The third kappa shape index (κ3) is 4.83. The highest BCUT2D eigenvalue weighted by Crippen LogP contribution is 2.48. The van der Waals surface area contributed by atoms with Crippen LogP contribution in [0.15, 0.2) is 90.9 Å². The maximum absolute atomic E-state index is 12.3. The molecule has 0 fully saturated rings. The van der Waals surface area contributed by atoms with Gasteiger partial charge in [-0.1, -0.05) is 24.3 Å². The zero-order chi connectivity index (χ0) is 27.8. The van der Waals surface area contributed by atoms with Gasteiger partial charge >= 0.3 is 0 Å². The highest BCUT2D eigenvalue weighted by atomic mass is 32.2. The average molecular weight is 556 g/mol. The zero-order valence-electron chi connectivity index (χ0n) is 18.9. The maximum atomic E-state index is 12.3. The van der Waals surface area contributed by atoms with E-state index in [0.717, 1.165) is 12.1 Å². The van der Waals surface area contributed by atoms with E-state index in [1.807, 2.05) is 0 Å². The van der Waals surface area contributed by atoms with Crippen molar-refractivity contribution >= 4 is 59.4 Å². The second kappa shape index (κ2) is 9.67. The quantitative estimate of drug-likeness (QED) is 0.0889. The molecule has 0 aliphatic carbocycles. The average Bonchev–Trinajstić information content (AvgIpc) is 2.86. The summed E-state index contributed by atoms with van der Waals surface area (Å²) in [5.74, 6) is -0.848. The van der Waals surface area contributed by atoms with Gasteiger partial charge < -0.3 is 10.8 Å². The summed E-state index contributed by atoms with van der Waals surface area (Å²) in [6.07, 6.45) is 0. The molecular weight excluding hydrogens is 538 g/mol. The Balaban J connectivity index is 2.14. The first kappa shape index (κ1) is 26.4. The fraction of sp³-hybridized carbons (Fsp3) is 0. The third-order valence-electron chi connectivity index (χ3n) is 5.42. The molecule has 0 amide bonds. The molecule has 7 N–H and O–H groups in total. The van der Waals surface area contributed by atoms with E-state index >= 15 is 0 Å². The minimum absolute atomic E-state index is 0.0132. The molecule has 38 heavy (non-hydrogen) atoms. The normalized spacial score (nSPS) is 12.2. The summed E-state index contributed by atoms with van der Waals surface area (Å²) in [5.41, 5.74) is 19.5. The Kier molecular flexibility index (Phi) is 6.73. The number of nitrogen functional groups attached to an aromatic ring is 1. The van der Waals surface area contributed by atoms with Crippen LogP contribution in [0.4, 0.5) is 28.4 Å². The number of nitrogens with zero attached hydrogens (tertiary/aromatic N) is 4. The van der Waals surface area contributed by atoms with Crippen LogP contribution < -0.4 is 5.73 Å². The molecule has 0 heterocycles. The van der Waals surface area contributed by atoms with E-state index in [1.165, 1.54) is 18.2 Å². The molecule has 0 spiro atoms. The van der Waals surface area contributed by atoms with Gasteiger partial charge in [0.05, 0.1) is 11.4 Å². The lowest BCUT2D eigenvalue weighted by molar-refractivity contribution is 0.472. The number of fused-ring (bicyclic) bond motifs is 1. The number of benzene rings is 4. The van der Waals surface area contributed by atoms with Gasteiger partial charge in [0.15, 0.2) is 5.75 Å². The summed E-state index contributed by atoms with van der Waals surface area (Å²) in [6, 6.07) is 13.5. The van der Waals surface area contributed by atoms with Crippen LogP contribution in [0.5, 0.6) is 5.75 Å². The van der Waals surface area contributed by atoms with Crippen LogP contribution in [0.3, 0.4) is 0 Å². The van der Waals surface area contributed by atoms with Crippen molar-refractivity contribution in [3.8, 4) is 16.9 Å². The Morgan fingerprint density at radius 1 is 0.763 bits per heavy atom. The molecule has 4 aromatic rings. The predicted molar refractivity (Wildman–Crippen MR) is 135 cm³/mol. The summed E-state index contributed by atoms with van der Waals surface area (Å²) in [6.45, 7) is 0. The molecule has 0 aliphatic heterocycles. The van der Waals surface area contributed by atoms with Crippen molar-refractivity contribution in [1.82, 2.24) is 0 Å². The molecule has 0 radical (unpaired) electrons. The molecule has 16 heteroatoms. The number of phenols is 1. The van der Waals surface area contributed by atoms with Crippen LogP contribution in [0.25, 0.3) is 21.9 Å². The van der Waals surface area contributed by atoms with Crippen molar-refractivity contribution in [2.45, 2.75) is 9.79 Å². The number of hydrogen-bond donors (Lipinski definition) is 6.